The van der Waals surface area contributed by atoms with E-state index in [0.29, 0.717) is 12.1 Å². The van der Waals surface area contributed by atoms with E-state index in [9.17, 15) is 46.6 Å². The number of ether oxygens (including phenoxy) is 3. The molecule has 0 saturated heterocycles. The van der Waals surface area contributed by atoms with Crippen molar-refractivity contribution in [3.05, 3.63) is 125 Å². The van der Waals surface area contributed by atoms with Gasteiger partial charge in [-0.25, -0.2) is 0 Å². The van der Waals surface area contributed by atoms with Crippen LogP contribution in [0.3, 0.4) is 0 Å². The molecule has 0 aliphatic carbocycles. The predicted molar refractivity (Wildman–Crippen MR) is 185 cm³/mol. The van der Waals surface area contributed by atoms with E-state index in [1.54, 1.807) is 27.7 Å². The first kappa shape index (κ1) is 41.2. The molecule has 0 amide bonds. The third-order valence-electron chi connectivity index (χ3n) is 8.01. The molecule has 0 radical (unpaired) electrons. The van der Waals surface area contributed by atoms with Gasteiger partial charge in [0.25, 0.3) is 11.4 Å². The summed E-state index contributed by atoms with van der Waals surface area (Å²) in [6.07, 6.45) is -8.43. The molecule has 0 aliphatic rings. The van der Waals surface area contributed by atoms with E-state index in [4.69, 9.17) is 37.4 Å². The van der Waals surface area contributed by atoms with Gasteiger partial charge in [0.15, 0.2) is 0 Å². The number of hydrogen-bond donors (Lipinski definition) is 0. The first-order chi connectivity index (χ1) is 24.4. The van der Waals surface area contributed by atoms with E-state index in [1.807, 2.05) is 0 Å². The average molecular weight is 790 g/mol. The fourth-order valence-electron chi connectivity index (χ4n) is 5.50. The monoisotopic (exact) mass is 788 g/mol. The molecule has 0 N–H and O–H groups in total. The van der Waals surface area contributed by atoms with E-state index < -0.39 is 44.5 Å². The fourth-order valence-corrected chi connectivity index (χ4v) is 5.94. The van der Waals surface area contributed by atoms with Gasteiger partial charge < -0.3 is 14.2 Å². The molecule has 4 rings (SSSR count). The second-order valence-corrected chi connectivity index (χ2v) is 14.0. The van der Waals surface area contributed by atoms with Crippen LogP contribution < -0.4 is 9.47 Å². The van der Waals surface area contributed by atoms with Crippen molar-refractivity contribution in [3.8, 4) is 23.0 Å². The first-order valence-corrected chi connectivity index (χ1v) is 16.5. The topological polar surface area (TPSA) is 114 Å². The lowest BCUT2D eigenvalue weighted by Crippen LogP contribution is -2.37. The van der Waals surface area contributed by atoms with Crippen LogP contribution >= 0.6 is 23.2 Å². The Morgan fingerprint density at radius 2 is 0.943 bits per heavy atom. The average Bonchev–Trinajstić information content (AvgIpc) is 3.03. The third-order valence-corrected chi connectivity index (χ3v) is 8.61. The number of nitrogens with zero attached hydrogens (tertiary/aromatic N) is 2. The maximum atomic E-state index is 13.0. The number of nitro groups is 2. The maximum Gasteiger partial charge on any atom is 0.416 e. The van der Waals surface area contributed by atoms with Crippen LogP contribution in [0.1, 0.15) is 62.8 Å². The highest BCUT2D eigenvalue weighted by molar-refractivity contribution is 6.32. The van der Waals surface area contributed by atoms with Crippen LogP contribution in [-0.4, -0.2) is 21.0 Å². The summed E-state index contributed by atoms with van der Waals surface area (Å²) in [5.74, 6) is 0.0654. The van der Waals surface area contributed by atoms with E-state index in [1.165, 1.54) is 36.4 Å². The van der Waals surface area contributed by atoms with Crippen molar-refractivity contribution in [3.63, 3.8) is 0 Å². The quantitative estimate of drug-likeness (QED) is 0.0710. The van der Waals surface area contributed by atoms with Crippen LogP contribution in [0.4, 0.5) is 37.7 Å². The van der Waals surface area contributed by atoms with Crippen LogP contribution in [0, 0.1) is 20.2 Å². The Morgan fingerprint density at radius 3 is 1.25 bits per heavy atom. The van der Waals surface area contributed by atoms with Crippen molar-refractivity contribution < 1.29 is 50.4 Å². The lowest BCUT2D eigenvalue weighted by molar-refractivity contribution is -0.385. The summed E-state index contributed by atoms with van der Waals surface area (Å²) < 4.78 is 96.0. The van der Waals surface area contributed by atoms with Crippen LogP contribution in [0.5, 0.6) is 23.0 Å². The number of alkyl halides is 6. The molecule has 9 nitrogen and oxygen atoms in total. The Balaban J connectivity index is 1.45. The summed E-state index contributed by atoms with van der Waals surface area (Å²) in [5, 5.41) is 23.0. The molecule has 0 atom stereocenters. The molecule has 0 saturated carbocycles. The second kappa shape index (κ2) is 15.8. The normalized spacial score (nSPS) is 12.5. The largest absolute Gasteiger partial charge is 0.456 e. The second-order valence-electron chi connectivity index (χ2n) is 13.2. The molecule has 4 aromatic rings. The first-order valence-electron chi connectivity index (χ1n) is 15.8. The number of rotatable bonds is 14. The maximum absolute atomic E-state index is 13.0. The van der Waals surface area contributed by atoms with Gasteiger partial charge in [0, 0.05) is 23.3 Å². The highest BCUT2D eigenvalue weighted by Gasteiger charge is 2.33. The van der Waals surface area contributed by atoms with Crippen LogP contribution in [-0.2, 0) is 29.9 Å². The van der Waals surface area contributed by atoms with Gasteiger partial charge in [0.1, 0.15) is 23.0 Å². The summed E-state index contributed by atoms with van der Waals surface area (Å²) in [5.41, 5.74) is -3.59. The Kier molecular flexibility index (Phi) is 12.3. The summed E-state index contributed by atoms with van der Waals surface area (Å²) in [6, 6.07) is 13.0. The van der Waals surface area contributed by atoms with Gasteiger partial charge in [-0.2, -0.15) is 26.3 Å². The standard InChI is InChI=1S/C36H32Cl2F6N2O7/c1-33(2,15-13-21-17-25(7-9-29(21)45(47)48)51-31-11-5-23(19-27(31)37)35(39,40)41)53-34(3,4)16-14-22-18-26(8-10-30(22)46(49)50)52-32-12-6-24(20-28(32)38)36(42,43)44/h5-12,17-20H,13-16H2,1-4H3. The number of hydrogen-bond acceptors (Lipinski definition) is 7. The zero-order chi connectivity index (χ0) is 39.5. The van der Waals surface area contributed by atoms with Crippen molar-refractivity contribution in [2.24, 2.45) is 0 Å². The van der Waals surface area contributed by atoms with E-state index in [0.717, 1.165) is 24.3 Å². The van der Waals surface area contributed by atoms with Gasteiger partial charge in [-0.1, -0.05) is 23.2 Å². The number of halogens is 8. The molecule has 0 unspecified atom stereocenters. The smallest absolute Gasteiger partial charge is 0.416 e. The van der Waals surface area contributed by atoms with Crippen LogP contribution in [0.15, 0.2) is 72.8 Å². The zero-order valence-electron chi connectivity index (χ0n) is 28.5. The molecule has 0 aromatic heterocycles. The van der Waals surface area contributed by atoms with Crippen molar-refractivity contribution >= 4 is 34.6 Å². The number of nitro benzene ring substituents is 2. The Bertz CT molecular complexity index is 1860. The SMILES string of the molecule is CC(C)(CCc1cc(Oc2ccc(C(F)(F)F)cc2Cl)ccc1[N+](=O)[O-])OC(C)(C)CCc1cc(Oc2ccc(C(F)(F)F)cc2Cl)ccc1[N+](=O)[O-]. The molecule has 0 fully saturated rings. The van der Waals surface area contributed by atoms with Crippen molar-refractivity contribution in [2.45, 2.75) is 76.9 Å². The predicted octanol–water partition coefficient (Wildman–Crippen LogP) is 12.6. The Hall–Kier alpha value is -4.60. The van der Waals surface area contributed by atoms with Gasteiger partial charge in [0.2, 0.25) is 0 Å². The van der Waals surface area contributed by atoms with Crippen LogP contribution in [0.2, 0.25) is 10.0 Å². The van der Waals surface area contributed by atoms with Gasteiger partial charge >= 0.3 is 12.4 Å². The number of aryl methyl sites for hydroxylation is 2. The Morgan fingerprint density at radius 1 is 0.585 bits per heavy atom. The van der Waals surface area contributed by atoms with Crippen LogP contribution in [0.25, 0.3) is 0 Å². The molecule has 4 aromatic carbocycles. The fraction of sp³-hybridized carbons (Fsp3) is 0.333. The molecule has 53 heavy (non-hydrogen) atoms. The molecular formula is C36H32Cl2F6N2O7. The minimum absolute atomic E-state index is 0.0781. The van der Waals surface area contributed by atoms with Gasteiger partial charge in [-0.05, 0) is 114 Å². The minimum atomic E-state index is -4.61. The van der Waals surface area contributed by atoms with Gasteiger partial charge in [0.05, 0.1) is 42.2 Å². The van der Waals surface area contributed by atoms with Crippen molar-refractivity contribution in [1.82, 2.24) is 0 Å². The molecule has 284 valence electrons. The minimum Gasteiger partial charge on any atom is -0.456 e. The van der Waals surface area contributed by atoms with E-state index >= 15 is 0 Å². The molecular weight excluding hydrogens is 757 g/mol. The molecule has 0 heterocycles. The van der Waals surface area contributed by atoms with Crippen molar-refractivity contribution in [2.75, 3.05) is 0 Å². The van der Waals surface area contributed by atoms with Crippen molar-refractivity contribution in [1.29, 1.82) is 0 Å². The highest BCUT2D eigenvalue weighted by atomic mass is 35.5. The Labute approximate surface area is 309 Å². The third kappa shape index (κ3) is 11.2. The summed E-state index contributed by atoms with van der Waals surface area (Å²) in [4.78, 5) is 22.5. The summed E-state index contributed by atoms with van der Waals surface area (Å²) in [6.45, 7) is 7.09. The van der Waals surface area contributed by atoms with Gasteiger partial charge in [-0.3, -0.25) is 20.2 Å². The lowest BCUT2D eigenvalue weighted by atomic mass is 9.93. The number of benzene rings is 4. The summed E-state index contributed by atoms with van der Waals surface area (Å²) >= 11 is 12.0. The zero-order valence-corrected chi connectivity index (χ0v) is 30.0. The molecule has 0 aliphatic heterocycles. The van der Waals surface area contributed by atoms with E-state index in [2.05, 4.69) is 0 Å². The molecule has 17 heteroatoms. The highest BCUT2D eigenvalue weighted by Crippen LogP contribution is 2.40. The van der Waals surface area contributed by atoms with E-state index in [-0.39, 0.29) is 81.2 Å². The van der Waals surface area contributed by atoms with Gasteiger partial charge in [-0.15, -0.1) is 0 Å². The lowest BCUT2D eigenvalue weighted by Gasteiger charge is -2.36. The molecule has 0 spiro atoms. The summed E-state index contributed by atoms with van der Waals surface area (Å²) in [7, 11) is 0. The molecule has 0 bridgehead atoms.